The van der Waals surface area contributed by atoms with E-state index in [2.05, 4.69) is 47.6 Å². The van der Waals surface area contributed by atoms with Gasteiger partial charge in [-0.2, -0.15) is 5.26 Å². The molecule has 0 atom stereocenters. The Morgan fingerprint density at radius 3 is 2.71 bits per heavy atom. The number of pyridine rings is 1. The van der Waals surface area contributed by atoms with Crippen molar-refractivity contribution in [3.8, 4) is 11.8 Å². The number of likely N-dealkylation sites (tertiary alicyclic amines) is 1. The highest BCUT2D eigenvalue weighted by atomic mass is 35.5. The van der Waals surface area contributed by atoms with Crippen molar-refractivity contribution < 1.29 is 9.13 Å². The number of aromatic nitrogens is 2. The Morgan fingerprint density at radius 1 is 1.11 bits per heavy atom. The number of hydrogen-bond acceptors (Lipinski definition) is 4. The first-order chi connectivity index (χ1) is 18.6. The summed E-state index contributed by atoms with van der Waals surface area (Å²) in [5.41, 5.74) is 9.12. The van der Waals surface area contributed by atoms with E-state index in [9.17, 15) is 9.65 Å². The van der Waals surface area contributed by atoms with Gasteiger partial charge in [0.2, 0.25) is 0 Å². The van der Waals surface area contributed by atoms with Crippen LogP contribution in [0.15, 0.2) is 60.9 Å². The van der Waals surface area contributed by atoms with Gasteiger partial charge in [0, 0.05) is 43.0 Å². The molecule has 2 aromatic heterocycles. The lowest BCUT2D eigenvalue weighted by Gasteiger charge is -2.37. The Labute approximate surface area is 226 Å². The smallest absolute Gasteiger partial charge is 0.137 e. The second kappa shape index (κ2) is 10.2. The summed E-state index contributed by atoms with van der Waals surface area (Å²) in [6.45, 7) is 2.05. The number of halogens is 2. The van der Waals surface area contributed by atoms with Crippen LogP contribution in [0.1, 0.15) is 46.4 Å². The van der Waals surface area contributed by atoms with Gasteiger partial charge < -0.3 is 9.14 Å². The molecule has 4 aromatic rings. The van der Waals surface area contributed by atoms with Crippen molar-refractivity contribution >= 4 is 28.4 Å². The third kappa shape index (κ3) is 4.57. The predicted molar refractivity (Wildman–Crippen MR) is 148 cm³/mol. The van der Waals surface area contributed by atoms with Crippen LogP contribution in [-0.2, 0) is 13.0 Å². The quantitative estimate of drug-likeness (QED) is 0.285. The topological polar surface area (TPSA) is 53.6 Å². The SMILES string of the molecule is COc1ccc2c(c1)CCCC(c1ccc(C#N)cc1Cl)=C2c1ccn2cc(CN3CC(CF)C3)nc2c1. The summed E-state index contributed by atoms with van der Waals surface area (Å²) in [5, 5.41) is 9.94. The first kappa shape index (κ1) is 24.7. The maximum atomic E-state index is 12.9. The lowest BCUT2D eigenvalue weighted by molar-refractivity contribution is 0.0727. The van der Waals surface area contributed by atoms with Crippen LogP contribution < -0.4 is 4.74 Å². The van der Waals surface area contributed by atoms with Gasteiger partial charge >= 0.3 is 0 Å². The number of nitriles is 1. The summed E-state index contributed by atoms with van der Waals surface area (Å²) < 4.78 is 20.4. The molecular weight excluding hydrogens is 499 g/mol. The highest BCUT2D eigenvalue weighted by Gasteiger charge is 2.27. The number of imidazole rings is 1. The maximum Gasteiger partial charge on any atom is 0.137 e. The van der Waals surface area contributed by atoms with Crippen LogP contribution in [-0.4, -0.2) is 41.2 Å². The lowest BCUT2D eigenvalue weighted by Crippen LogP contribution is -2.46. The van der Waals surface area contributed by atoms with Crippen LogP contribution in [0.25, 0.3) is 16.8 Å². The molecule has 0 N–H and O–H groups in total. The molecule has 5 nitrogen and oxygen atoms in total. The monoisotopic (exact) mass is 526 g/mol. The van der Waals surface area contributed by atoms with Gasteiger partial charge in [-0.05, 0) is 89.1 Å². The van der Waals surface area contributed by atoms with Crippen LogP contribution in [0.5, 0.6) is 5.75 Å². The average molecular weight is 527 g/mol. The number of methoxy groups -OCH3 is 1. The molecule has 0 unspecified atom stereocenters. The largest absolute Gasteiger partial charge is 0.497 e. The molecule has 1 saturated heterocycles. The van der Waals surface area contributed by atoms with Crippen LogP contribution in [0, 0.1) is 17.2 Å². The van der Waals surface area contributed by atoms with E-state index >= 15 is 0 Å². The number of ether oxygens (including phenoxy) is 1. The third-order valence-corrected chi connectivity index (χ3v) is 7.93. The minimum absolute atomic E-state index is 0.159. The molecule has 0 radical (unpaired) electrons. The van der Waals surface area contributed by atoms with E-state index in [0.29, 0.717) is 10.6 Å². The fourth-order valence-electron chi connectivity index (χ4n) is 5.72. The Hall–Kier alpha value is -3.66. The van der Waals surface area contributed by atoms with Crippen LogP contribution in [0.3, 0.4) is 0 Å². The zero-order valence-electron chi connectivity index (χ0n) is 21.3. The highest BCUT2D eigenvalue weighted by Crippen LogP contribution is 2.42. The van der Waals surface area contributed by atoms with E-state index in [4.69, 9.17) is 21.3 Å². The van der Waals surface area contributed by atoms with E-state index in [1.165, 1.54) is 5.56 Å². The number of nitrogens with zero attached hydrogens (tertiary/aromatic N) is 4. The van der Waals surface area contributed by atoms with Crippen molar-refractivity contribution in [2.75, 3.05) is 26.9 Å². The van der Waals surface area contributed by atoms with E-state index in [-0.39, 0.29) is 12.6 Å². The molecule has 2 aromatic carbocycles. The zero-order valence-corrected chi connectivity index (χ0v) is 22.0. The fraction of sp³-hybridized carbons (Fsp3) is 0.290. The molecule has 3 heterocycles. The third-order valence-electron chi connectivity index (χ3n) is 7.62. The zero-order chi connectivity index (χ0) is 26.2. The molecule has 0 saturated carbocycles. The van der Waals surface area contributed by atoms with Crippen LogP contribution in [0.2, 0.25) is 5.02 Å². The minimum Gasteiger partial charge on any atom is -0.497 e. The molecule has 2 aliphatic rings. The Kier molecular flexibility index (Phi) is 6.65. The summed E-state index contributed by atoms with van der Waals surface area (Å²) in [6.07, 6.45) is 6.87. The fourth-order valence-corrected chi connectivity index (χ4v) is 6.01. The first-order valence-corrected chi connectivity index (χ1v) is 13.3. The molecular formula is C31H28ClFN4O. The van der Waals surface area contributed by atoms with Gasteiger partial charge in [-0.25, -0.2) is 4.98 Å². The standard InChI is InChI=1S/C31H28ClFN4O/c1-38-25-6-8-26-22(12-25)3-2-4-28(27-7-5-20(15-34)11-29(27)32)31(26)23-9-10-37-19-24(35-30(37)13-23)18-36-16-21(14-33)17-36/h5-13,19,21H,2-4,14,16-18H2,1H3. The molecule has 0 amide bonds. The summed E-state index contributed by atoms with van der Waals surface area (Å²) in [4.78, 5) is 7.14. The average Bonchev–Trinajstić information content (AvgIpc) is 3.22. The van der Waals surface area contributed by atoms with Gasteiger partial charge in [0.25, 0.3) is 0 Å². The van der Waals surface area contributed by atoms with Gasteiger partial charge in [0.1, 0.15) is 11.4 Å². The van der Waals surface area contributed by atoms with E-state index in [0.717, 1.165) is 83.8 Å². The summed E-state index contributed by atoms with van der Waals surface area (Å²) in [7, 11) is 1.69. The Bertz CT molecular complexity index is 1600. The van der Waals surface area contributed by atoms with Gasteiger partial charge in [0.15, 0.2) is 0 Å². The predicted octanol–water partition coefficient (Wildman–Crippen LogP) is 6.56. The number of allylic oxidation sites excluding steroid dienone is 1. The minimum atomic E-state index is -0.251. The maximum absolute atomic E-state index is 12.9. The number of benzene rings is 2. The van der Waals surface area contributed by atoms with Gasteiger partial charge in [-0.1, -0.05) is 23.7 Å². The molecule has 38 heavy (non-hydrogen) atoms. The van der Waals surface area contributed by atoms with Crippen LogP contribution >= 0.6 is 11.6 Å². The number of aryl methyl sites for hydroxylation is 1. The normalized spacial score (nSPS) is 16.2. The molecule has 192 valence electrons. The van der Waals surface area contributed by atoms with Gasteiger partial charge in [-0.15, -0.1) is 0 Å². The first-order valence-electron chi connectivity index (χ1n) is 12.9. The number of fused-ring (bicyclic) bond motifs is 2. The van der Waals surface area contributed by atoms with Crippen LogP contribution in [0.4, 0.5) is 4.39 Å². The van der Waals surface area contributed by atoms with Gasteiger partial charge in [0.05, 0.1) is 31.1 Å². The summed E-state index contributed by atoms with van der Waals surface area (Å²) in [5.74, 6) is 1.00. The molecule has 6 rings (SSSR count). The number of hydrogen-bond donors (Lipinski definition) is 0. The molecule has 7 heteroatoms. The second-order valence-corrected chi connectivity index (χ2v) is 10.6. The van der Waals surface area contributed by atoms with E-state index in [1.807, 2.05) is 22.6 Å². The van der Waals surface area contributed by atoms with Gasteiger partial charge in [-0.3, -0.25) is 9.29 Å². The van der Waals surface area contributed by atoms with E-state index < -0.39 is 0 Å². The second-order valence-electron chi connectivity index (χ2n) is 10.2. The lowest BCUT2D eigenvalue weighted by atomic mass is 9.88. The van der Waals surface area contributed by atoms with E-state index in [1.54, 1.807) is 13.2 Å². The Balaban J connectivity index is 1.47. The van der Waals surface area contributed by atoms with Crippen molar-refractivity contribution in [1.82, 2.24) is 14.3 Å². The van der Waals surface area contributed by atoms with Crippen molar-refractivity contribution in [3.63, 3.8) is 0 Å². The molecule has 1 aliphatic heterocycles. The molecule has 1 aliphatic carbocycles. The van der Waals surface area contributed by atoms with Crippen molar-refractivity contribution in [2.45, 2.75) is 25.8 Å². The van der Waals surface area contributed by atoms with Crippen molar-refractivity contribution in [1.29, 1.82) is 5.26 Å². The molecule has 0 bridgehead atoms. The highest BCUT2D eigenvalue weighted by molar-refractivity contribution is 6.33. The van der Waals surface area contributed by atoms with Crippen molar-refractivity contribution in [2.24, 2.45) is 5.92 Å². The van der Waals surface area contributed by atoms with Crippen molar-refractivity contribution in [3.05, 3.63) is 99.5 Å². The molecule has 1 fully saturated rings. The Morgan fingerprint density at radius 2 is 1.95 bits per heavy atom. The number of rotatable bonds is 6. The molecule has 0 spiro atoms. The number of alkyl halides is 1. The summed E-state index contributed by atoms with van der Waals surface area (Å²) in [6, 6.07) is 18.3. The summed E-state index contributed by atoms with van der Waals surface area (Å²) >= 11 is 6.76.